The molecule has 2 rings (SSSR count). The molecule has 0 N–H and O–H groups in total. The lowest BCUT2D eigenvalue weighted by Gasteiger charge is -1.95. The second-order valence-corrected chi connectivity index (χ2v) is 5.13. The van der Waals surface area contributed by atoms with Crippen LogP contribution in [-0.4, -0.2) is 31.4 Å². The molecule has 2 aromatic heterocycles. The fourth-order valence-electron chi connectivity index (χ4n) is 1.10. The molecule has 0 aromatic carbocycles. The van der Waals surface area contributed by atoms with Gasteiger partial charge in [-0.2, -0.15) is 0 Å². The van der Waals surface area contributed by atoms with E-state index in [2.05, 4.69) is 32.1 Å². The molecule has 0 amide bonds. The third-order valence-electron chi connectivity index (χ3n) is 1.87. The third kappa shape index (κ3) is 4.85. The van der Waals surface area contributed by atoms with Crippen molar-refractivity contribution in [2.75, 3.05) is 11.5 Å². The molecule has 0 atom stereocenters. The van der Waals surface area contributed by atoms with E-state index < -0.39 is 0 Å². The summed E-state index contributed by atoms with van der Waals surface area (Å²) in [6.07, 6.45) is 11.2. The SMILES string of the molecule is C(=C/CSc1ncccn1)/CSc1ncccn1. The van der Waals surface area contributed by atoms with E-state index in [4.69, 9.17) is 0 Å². The predicted molar refractivity (Wildman–Crippen MR) is 74.7 cm³/mol. The van der Waals surface area contributed by atoms with E-state index in [1.807, 2.05) is 12.1 Å². The van der Waals surface area contributed by atoms with Crippen LogP contribution in [0.5, 0.6) is 0 Å². The summed E-state index contributed by atoms with van der Waals surface area (Å²) in [4.78, 5) is 16.5. The van der Waals surface area contributed by atoms with Crippen molar-refractivity contribution in [1.82, 2.24) is 19.9 Å². The van der Waals surface area contributed by atoms with Crippen molar-refractivity contribution < 1.29 is 0 Å². The highest BCUT2D eigenvalue weighted by molar-refractivity contribution is 7.99. The molecule has 0 aliphatic rings. The van der Waals surface area contributed by atoms with E-state index in [0.29, 0.717) is 0 Å². The molecule has 0 fully saturated rings. The minimum absolute atomic E-state index is 0.807. The summed E-state index contributed by atoms with van der Waals surface area (Å²) >= 11 is 3.23. The lowest BCUT2D eigenvalue weighted by Crippen LogP contribution is -1.85. The molecule has 0 saturated carbocycles. The van der Waals surface area contributed by atoms with Gasteiger partial charge in [-0.3, -0.25) is 0 Å². The predicted octanol–water partition coefficient (Wildman–Crippen LogP) is 2.71. The molecule has 0 saturated heterocycles. The molecule has 0 radical (unpaired) electrons. The average Bonchev–Trinajstić information content (AvgIpc) is 2.45. The number of hydrogen-bond donors (Lipinski definition) is 0. The molecule has 18 heavy (non-hydrogen) atoms. The van der Waals surface area contributed by atoms with Crippen LogP contribution in [0.3, 0.4) is 0 Å². The fourth-order valence-corrected chi connectivity index (χ4v) is 2.41. The van der Waals surface area contributed by atoms with E-state index in [0.717, 1.165) is 21.8 Å². The lowest BCUT2D eigenvalue weighted by molar-refractivity contribution is 0.968. The van der Waals surface area contributed by atoms with Gasteiger partial charge >= 0.3 is 0 Å². The standard InChI is InChI=1S/C12H12N4S2/c1(9-17-11-13-5-3-6-14-11)2-10-18-12-15-7-4-8-16-12/h1-8H,9-10H2/b2-1-. The Morgan fingerprint density at radius 3 is 1.50 bits per heavy atom. The summed E-state index contributed by atoms with van der Waals surface area (Å²) in [5.74, 6) is 1.75. The Labute approximate surface area is 114 Å². The topological polar surface area (TPSA) is 51.6 Å². The Hall–Kier alpha value is -1.40. The van der Waals surface area contributed by atoms with Crippen LogP contribution in [0, 0.1) is 0 Å². The monoisotopic (exact) mass is 276 g/mol. The van der Waals surface area contributed by atoms with Crippen LogP contribution in [0.1, 0.15) is 0 Å². The Morgan fingerprint density at radius 2 is 1.11 bits per heavy atom. The summed E-state index contributed by atoms with van der Waals surface area (Å²) in [6, 6.07) is 3.63. The van der Waals surface area contributed by atoms with E-state index in [9.17, 15) is 0 Å². The zero-order valence-electron chi connectivity index (χ0n) is 9.64. The van der Waals surface area contributed by atoms with Crippen molar-refractivity contribution in [2.45, 2.75) is 10.3 Å². The van der Waals surface area contributed by atoms with Gasteiger partial charge in [0.1, 0.15) is 0 Å². The summed E-state index contributed by atoms with van der Waals surface area (Å²) in [5, 5.41) is 1.61. The molecule has 4 nitrogen and oxygen atoms in total. The highest BCUT2D eigenvalue weighted by atomic mass is 32.2. The molecule has 0 unspecified atom stereocenters. The summed E-state index contributed by atoms with van der Waals surface area (Å²) in [6.45, 7) is 0. The molecular formula is C12H12N4S2. The lowest BCUT2D eigenvalue weighted by atomic mass is 10.6. The number of hydrogen-bond acceptors (Lipinski definition) is 6. The van der Waals surface area contributed by atoms with Crippen molar-refractivity contribution in [3.63, 3.8) is 0 Å². The number of thioether (sulfide) groups is 2. The molecule has 0 aliphatic carbocycles. The molecular weight excluding hydrogens is 264 g/mol. The van der Waals surface area contributed by atoms with Gasteiger partial charge in [-0.1, -0.05) is 35.7 Å². The van der Waals surface area contributed by atoms with Crippen LogP contribution in [0.15, 0.2) is 59.4 Å². The molecule has 0 aliphatic heterocycles. The van der Waals surface area contributed by atoms with Crippen molar-refractivity contribution in [3.8, 4) is 0 Å². The fraction of sp³-hybridized carbons (Fsp3) is 0.167. The minimum Gasteiger partial charge on any atom is -0.231 e. The van der Waals surface area contributed by atoms with Gasteiger partial charge < -0.3 is 0 Å². The van der Waals surface area contributed by atoms with Gasteiger partial charge in [0.15, 0.2) is 10.3 Å². The van der Waals surface area contributed by atoms with E-state index in [1.165, 1.54) is 0 Å². The van der Waals surface area contributed by atoms with Gasteiger partial charge in [-0.05, 0) is 12.1 Å². The Bertz CT molecular complexity index is 430. The van der Waals surface area contributed by atoms with Crippen molar-refractivity contribution >= 4 is 23.5 Å². The molecule has 92 valence electrons. The highest BCUT2D eigenvalue weighted by Gasteiger charge is 1.93. The van der Waals surface area contributed by atoms with E-state index >= 15 is 0 Å². The average molecular weight is 276 g/mol. The van der Waals surface area contributed by atoms with Crippen molar-refractivity contribution in [1.29, 1.82) is 0 Å². The summed E-state index contributed by atoms with van der Waals surface area (Å²) < 4.78 is 0. The Balaban J connectivity index is 1.64. The van der Waals surface area contributed by atoms with Gasteiger partial charge in [0.25, 0.3) is 0 Å². The van der Waals surface area contributed by atoms with Crippen molar-refractivity contribution in [2.24, 2.45) is 0 Å². The first-order valence-corrected chi connectivity index (χ1v) is 7.37. The maximum absolute atomic E-state index is 4.14. The maximum atomic E-state index is 4.14. The first kappa shape index (κ1) is 13.0. The summed E-state index contributed by atoms with van der Waals surface area (Å²) in [5.41, 5.74) is 0. The largest absolute Gasteiger partial charge is 0.231 e. The minimum atomic E-state index is 0.807. The first-order chi connectivity index (χ1) is 8.95. The van der Waals surface area contributed by atoms with Gasteiger partial charge in [0.2, 0.25) is 0 Å². The van der Waals surface area contributed by atoms with Crippen LogP contribution in [-0.2, 0) is 0 Å². The second-order valence-electron chi connectivity index (χ2n) is 3.16. The zero-order valence-corrected chi connectivity index (χ0v) is 11.3. The van der Waals surface area contributed by atoms with Crippen LogP contribution in [0.25, 0.3) is 0 Å². The Kier molecular flexibility index (Phi) is 5.68. The first-order valence-electron chi connectivity index (χ1n) is 5.40. The van der Waals surface area contributed by atoms with Gasteiger partial charge in [-0.25, -0.2) is 19.9 Å². The second kappa shape index (κ2) is 7.84. The van der Waals surface area contributed by atoms with E-state index in [-0.39, 0.29) is 0 Å². The quantitative estimate of drug-likeness (QED) is 0.459. The maximum Gasteiger partial charge on any atom is 0.187 e. The van der Waals surface area contributed by atoms with Gasteiger partial charge in [0.05, 0.1) is 0 Å². The normalized spacial score (nSPS) is 10.9. The van der Waals surface area contributed by atoms with Gasteiger partial charge in [-0.15, -0.1) is 0 Å². The van der Waals surface area contributed by atoms with Crippen molar-refractivity contribution in [3.05, 3.63) is 49.1 Å². The van der Waals surface area contributed by atoms with E-state index in [1.54, 1.807) is 48.3 Å². The van der Waals surface area contributed by atoms with Crippen LogP contribution in [0.4, 0.5) is 0 Å². The smallest absolute Gasteiger partial charge is 0.187 e. The highest BCUT2D eigenvalue weighted by Crippen LogP contribution is 2.13. The van der Waals surface area contributed by atoms with Crippen LogP contribution < -0.4 is 0 Å². The molecule has 2 heterocycles. The molecule has 0 spiro atoms. The third-order valence-corrected chi connectivity index (χ3v) is 3.52. The zero-order chi connectivity index (χ0) is 12.5. The number of nitrogens with zero attached hydrogens (tertiary/aromatic N) is 4. The number of rotatable bonds is 6. The molecule has 0 bridgehead atoms. The summed E-state index contributed by atoms with van der Waals surface area (Å²) in [7, 11) is 0. The van der Waals surface area contributed by atoms with Crippen LogP contribution in [0.2, 0.25) is 0 Å². The van der Waals surface area contributed by atoms with Gasteiger partial charge in [0, 0.05) is 36.3 Å². The molecule has 6 heteroatoms. The Morgan fingerprint density at radius 1 is 0.722 bits per heavy atom. The number of aromatic nitrogens is 4. The van der Waals surface area contributed by atoms with Crippen LogP contribution >= 0.6 is 23.5 Å². The molecule has 2 aromatic rings.